The number of carbonyl (C=O) groups is 1. The highest BCUT2D eigenvalue weighted by atomic mass is 16.1. The maximum absolute atomic E-state index is 12.2. The molecule has 116 valence electrons. The summed E-state index contributed by atoms with van der Waals surface area (Å²) in [4.78, 5) is 16.8. The first-order valence-electron chi connectivity index (χ1n) is 7.70. The number of anilines is 1. The summed E-state index contributed by atoms with van der Waals surface area (Å²) < 4.78 is 1.99. The van der Waals surface area contributed by atoms with Crippen LogP contribution in [0, 0.1) is 0 Å². The Bertz CT molecular complexity index is 955. The van der Waals surface area contributed by atoms with Crippen molar-refractivity contribution in [3.8, 4) is 11.3 Å². The lowest BCUT2D eigenvalue weighted by Crippen LogP contribution is -2.11. The number of fused-ring (bicyclic) bond motifs is 1. The number of imidazole rings is 1. The summed E-state index contributed by atoms with van der Waals surface area (Å²) in [6.45, 7) is 0. The zero-order valence-electron chi connectivity index (χ0n) is 12.9. The van der Waals surface area contributed by atoms with Gasteiger partial charge in [0.1, 0.15) is 5.65 Å². The molecule has 4 rings (SSSR count). The molecule has 0 aliphatic rings. The first-order chi connectivity index (χ1) is 11.8. The third-order valence-corrected chi connectivity index (χ3v) is 3.84. The van der Waals surface area contributed by atoms with E-state index >= 15 is 0 Å². The lowest BCUT2D eigenvalue weighted by atomic mass is 10.1. The van der Waals surface area contributed by atoms with Crippen molar-refractivity contribution in [1.82, 2.24) is 9.38 Å². The molecule has 1 amide bonds. The molecule has 0 spiro atoms. The van der Waals surface area contributed by atoms with Crippen LogP contribution in [-0.4, -0.2) is 15.3 Å². The van der Waals surface area contributed by atoms with E-state index in [-0.39, 0.29) is 5.91 Å². The minimum atomic E-state index is -0.115. The minimum Gasteiger partial charge on any atom is -0.322 e. The van der Waals surface area contributed by atoms with Gasteiger partial charge in [-0.1, -0.05) is 36.4 Å². The molecule has 0 bridgehead atoms. The third-order valence-electron chi connectivity index (χ3n) is 3.84. The third kappa shape index (κ3) is 2.77. The van der Waals surface area contributed by atoms with Gasteiger partial charge in [-0.2, -0.15) is 0 Å². The Labute approximate surface area is 139 Å². The molecule has 0 fully saturated rings. The normalized spacial score (nSPS) is 10.7. The second-order valence-corrected chi connectivity index (χ2v) is 5.49. The van der Waals surface area contributed by atoms with Gasteiger partial charge < -0.3 is 9.72 Å². The van der Waals surface area contributed by atoms with E-state index in [1.807, 2.05) is 77.5 Å². The number of carbonyl (C=O) groups excluding carboxylic acids is 1. The fourth-order valence-electron chi connectivity index (χ4n) is 2.59. The molecular weight excluding hydrogens is 298 g/mol. The molecule has 2 aromatic heterocycles. The van der Waals surface area contributed by atoms with Gasteiger partial charge in [-0.25, -0.2) is 4.98 Å². The van der Waals surface area contributed by atoms with E-state index in [4.69, 9.17) is 0 Å². The highest BCUT2D eigenvalue weighted by Crippen LogP contribution is 2.21. The number of nitrogens with one attached hydrogen (secondary N) is 1. The SMILES string of the molecule is O=C(Nc1ccc(-c2cn3ccccc3n2)cc1)c1ccccc1. The lowest BCUT2D eigenvalue weighted by Gasteiger charge is -2.05. The average molecular weight is 313 g/mol. The Balaban J connectivity index is 1.55. The van der Waals surface area contributed by atoms with E-state index in [1.54, 1.807) is 12.1 Å². The van der Waals surface area contributed by atoms with E-state index in [0.29, 0.717) is 5.56 Å². The zero-order chi connectivity index (χ0) is 16.4. The zero-order valence-corrected chi connectivity index (χ0v) is 12.9. The van der Waals surface area contributed by atoms with Crippen LogP contribution in [0.15, 0.2) is 85.2 Å². The van der Waals surface area contributed by atoms with Crippen LogP contribution in [0.2, 0.25) is 0 Å². The first-order valence-corrected chi connectivity index (χ1v) is 7.70. The highest BCUT2D eigenvalue weighted by molar-refractivity contribution is 6.04. The summed E-state index contributed by atoms with van der Waals surface area (Å²) in [5, 5.41) is 2.90. The van der Waals surface area contributed by atoms with Crippen molar-refractivity contribution < 1.29 is 4.79 Å². The molecule has 0 aliphatic carbocycles. The topological polar surface area (TPSA) is 46.4 Å². The highest BCUT2D eigenvalue weighted by Gasteiger charge is 2.07. The molecule has 4 nitrogen and oxygen atoms in total. The molecule has 0 saturated heterocycles. The van der Waals surface area contributed by atoms with Gasteiger partial charge in [0, 0.05) is 29.2 Å². The smallest absolute Gasteiger partial charge is 0.255 e. The van der Waals surface area contributed by atoms with Crippen LogP contribution in [-0.2, 0) is 0 Å². The fourth-order valence-corrected chi connectivity index (χ4v) is 2.59. The van der Waals surface area contributed by atoms with Crippen LogP contribution in [0.5, 0.6) is 0 Å². The number of aromatic nitrogens is 2. The Kier molecular flexibility index (Phi) is 3.56. The number of hydrogen-bond acceptors (Lipinski definition) is 2. The fraction of sp³-hybridized carbons (Fsp3) is 0. The van der Waals surface area contributed by atoms with E-state index in [9.17, 15) is 4.79 Å². The van der Waals surface area contributed by atoms with E-state index in [0.717, 1.165) is 22.6 Å². The number of pyridine rings is 1. The first kappa shape index (κ1) is 14.2. The van der Waals surface area contributed by atoms with Crippen molar-refractivity contribution in [1.29, 1.82) is 0 Å². The van der Waals surface area contributed by atoms with Gasteiger partial charge in [0.15, 0.2) is 0 Å². The van der Waals surface area contributed by atoms with E-state index < -0.39 is 0 Å². The Morgan fingerprint density at radius 3 is 2.38 bits per heavy atom. The molecule has 2 aromatic carbocycles. The van der Waals surface area contributed by atoms with E-state index in [1.165, 1.54) is 0 Å². The van der Waals surface area contributed by atoms with Gasteiger partial charge in [-0.3, -0.25) is 4.79 Å². The van der Waals surface area contributed by atoms with Crippen LogP contribution in [0.1, 0.15) is 10.4 Å². The van der Waals surface area contributed by atoms with Crippen LogP contribution in [0.25, 0.3) is 16.9 Å². The van der Waals surface area contributed by atoms with Crippen molar-refractivity contribution in [2.45, 2.75) is 0 Å². The van der Waals surface area contributed by atoms with Crippen LogP contribution < -0.4 is 5.32 Å². The largest absolute Gasteiger partial charge is 0.322 e. The molecule has 4 heteroatoms. The molecule has 4 aromatic rings. The maximum atomic E-state index is 12.2. The molecule has 0 atom stereocenters. The number of benzene rings is 2. The Hall–Kier alpha value is -3.40. The van der Waals surface area contributed by atoms with Crippen LogP contribution in [0.4, 0.5) is 5.69 Å². The minimum absolute atomic E-state index is 0.115. The van der Waals surface area contributed by atoms with Crippen LogP contribution >= 0.6 is 0 Å². The molecule has 0 radical (unpaired) electrons. The van der Waals surface area contributed by atoms with Crippen molar-refractivity contribution in [2.75, 3.05) is 5.32 Å². The summed E-state index contributed by atoms with van der Waals surface area (Å²) in [5.74, 6) is -0.115. The average Bonchev–Trinajstić information content (AvgIpc) is 3.07. The number of amides is 1. The van der Waals surface area contributed by atoms with Gasteiger partial charge in [0.2, 0.25) is 0 Å². The predicted molar refractivity (Wildman–Crippen MR) is 95.0 cm³/mol. The molecular formula is C20H15N3O. The molecule has 0 aliphatic heterocycles. The summed E-state index contributed by atoms with van der Waals surface area (Å²) in [7, 11) is 0. The Morgan fingerprint density at radius 1 is 0.875 bits per heavy atom. The van der Waals surface area contributed by atoms with Gasteiger partial charge in [-0.05, 0) is 36.4 Å². The predicted octanol–water partition coefficient (Wildman–Crippen LogP) is 4.25. The number of hydrogen-bond donors (Lipinski definition) is 1. The second kappa shape index (κ2) is 6.01. The molecule has 0 unspecified atom stereocenters. The van der Waals surface area contributed by atoms with Gasteiger partial charge in [-0.15, -0.1) is 0 Å². The van der Waals surface area contributed by atoms with Crippen molar-refractivity contribution in [3.63, 3.8) is 0 Å². The monoisotopic (exact) mass is 313 g/mol. The van der Waals surface area contributed by atoms with Crippen molar-refractivity contribution >= 4 is 17.2 Å². The molecule has 1 N–H and O–H groups in total. The number of rotatable bonds is 3. The lowest BCUT2D eigenvalue weighted by molar-refractivity contribution is 0.102. The van der Waals surface area contributed by atoms with Crippen LogP contribution in [0.3, 0.4) is 0 Å². The van der Waals surface area contributed by atoms with Gasteiger partial charge in [0.25, 0.3) is 5.91 Å². The van der Waals surface area contributed by atoms with Crippen molar-refractivity contribution in [3.05, 3.63) is 90.8 Å². The van der Waals surface area contributed by atoms with Gasteiger partial charge >= 0.3 is 0 Å². The summed E-state index contributed by atoms with van der Waals surface area (Å²) >= 11 is 0. The molecule has 24 heavy (non-hydrogen) atoms. The number of nitrogens with zero attached hydrogens (tertiary/aromatic N) is 2. The van der Waals surface area contributed by atoms with Crippen molar-refractivity contribution in [2.24, 2.45) is 0 Å². The van der Waals surface area contributed by atoms with Gasteiger partial charge in [0.05, 0.1) is 5.69 Å². The molecule has 0 saturated carbocycles. The standard InChI is InChI=1S/C20H15N3O/c24-20(16-6-2-1-3-7-16)21-17-11-9-15(10-12-17)18-14-23-13-5-4-8-19(23)22-18/h1-14H,(H,21,24). The Morgan fingerprint density at radius 2 is 1.62 bits per heavy atom. The quantitative estimate of drug-likeness (QED) is 0.614. The summed E-state index contributed by atoms with van der Waals surface area (Å²) in [5.41, 5.74) is 4.23. The van der Waals surface area contributed by atoms with E-state index in [2.05, 4.69) is 10.3 Å². The molecule has 2 heterocycles. The summed E-state index contributed by atoms with van der Waals surface area (Å²) in [6.07, 6.45) is 3.97. The second-order valence-electron chi connectivity index (χ2n) is 5.49. The summed E-state index contributed by atoms with van der Waals surface area (Å²) in [6, 6.07) is 22.8. The maximum Gasteiger partial charge on any atom is 0.255 e.